The predicted octanol–water partition coefficient (Wildman–Crippen LogP) is 14.2. The summed E-state index contributed by atoms with van der Waals surface area (Å²) >= 11 is 0. The number of ether oxygens (including phenoxy) is 1. The van der Waals surface area contributed by atoms with Crippen molar-refractivity contribution in [2.24, 2.45) is 0 Å². The second kappa shape index (κ2) is 13.0. The third-order valence-corrected chi connectivity index (χ3v) is 12.8. The molecule has 0 fully saturated rings. The first-order valence-electron chi connectivity index (χ1n) is 20.6. The van der Waals surface area contributed by atoms with Gasteiger partial charge in [0.1, 0.15) is 22.7 Å². The Morgan fingerprint density at radius 3 is 1.77 bits per heavy atom. The molecule has 10 aromatic rings. The van der Waals surface area contributed by atoms with Crippen molar-refractivity contribution in [2.75, 3.05) is 0 Å². The maximum atomic E-state index is 6.67. The van der Waals surface area contributed by atoms with E-state index in [-0.39, 0.29) is 5.41 Å². The third kappa shape index (κ3) is 4.97. The molecule has 0 N–H and O–H groups in total. The number of aromatic nitrogens is 2. The molecular weight excluding hydrogens is 733 g/mol. The summed E-state index contributed by atoms with van der Waals surface area (Å²) in [5, 5.41) is 2.18. The lowest BCUT2D eigenvalue weighted by atomic mass is 9.53. The van der Waals surface area contributed by atoms with Crippen LogP contribution in [0.5, 0.6) is 11.5 Å². The van der Waals surface area contributed by atoms with Gasteiger partial charge in [-0.2, -0.15) is 0 Å². The lowest BCUT2D eigenvalue weighted by Crippen LogP contribution is -2.43. The van der Waals surface area contributed by atoms with Crippen LogP contribution in [0.1, 0.15) is 47.2 Å². The van der Waals surface area contributed by atoms with Gasteiger partial charge in [0.05, 0.1) is 16.8 Å². The van der Waals surface area contributed by atoms with Crippen LogP contribution < -0.4 is 4.74 Å². The van der Waals surface area contributed by atoms with Crippen LogP contribution in [0.4, 0.5) is 0 Å². The number of benzene rings is 8. The van der Waals surface area contributed by atoms with Crippen LogP contribution in [0.25, 0.3) is 67.0 Å². The molecule has 2 aliphatic rings. The normalized spacial score (nSPS) is 14.2. The van der Waals surface area contributed by atoms with Crippen molar-refractivity contribution in [1.82, 2.24) is 9.97 Å². The fourth-order valence-corrected chi connectivity index (χ4v) is 10.2. The van der Waals surface area contributed by atoms with Crippen LogP contribution in [0.15, 0.2) is 199 Å². The molecule has 12 rings (SSSR count). The van der Waals surface area contributed by atoms with Gasteiger partial charge in [-0.1, -0.05) is 166 Å². The molecule has 3 heterocycles. The summed E-state index contributed by atoms with van der Waals surface area (Å²) in [7, 11) is 0. The zero-order valence-electron chi connectivity index (χ0n) is 33.2. The Labute approximate surface area is 348 Å². The minimum atomic E-state index is -0.590. The van der Waals surface area contributed by atoms with Crippen LogP contribution in [0, 0.1) is 0 Å². The molecule has 0 saturated carbocycles. The minimum absolute atomic E-state index is 0.330. The van der Waals surface area contributed by atoms with E-state index >= 15 is 0 Å². The summed E-state index contributed by atoms with van der Waals surface area (Å²) in [5.41, 5.74) is 15.2. The van der Waals surface area contributed by atoms with Gasteiger partial charge < -0.3 is 9.15 Å². The Kier molecular flexibility index (Phi) is 7.45. The maximum Gasteiger partial charge on any atom is 0.160 e. The number of rotatable bonds is 4. The number of hydrogen-bond acceptors (Lipinski definition) is 4. The molecule has 0 amide bonds. The van der Waals surface area contributed by atoms with E-state index in [4.69, 9.17) is 19.1 Å². The van der Waals surface area contributed by atoms with E-state index in [9.17, 15) is 0 Å². The highest BCUT2D eigenvalue weighted by Crippen LogP contribution is 2.62. The summed E-state index contributed by atoms with van der Waals surface area (Å²) in [4.78, 5) is 10.5. The molecule has 2 aromatic heterocycles. The number of para-hydroxylation sites is 3. The first-order chi connectivity index (χ1) is 29.5. The fourth-order valence-electron chi connectivity index (χ4n) is 10.2. The summed E-state index contributed by atoms with van der Waals surface area (Å²) in [5.74, 6) is 2.42. The van der Waals surface area contributed by atoms with Gasteiger partial charge in [-0.25, -0.2) is 9.97 Å². The molecule has 8 aromatic carbocycles. The number of furan rings is 1. The molecule has 4 heteroatoms. The van der Waals surface area contributed by atoms with Crippen molar-refractivity contribution >= 4 is 21.9 Å². The Bertz CT molecular complexity index is 3300. The number of hydrogen-bond donors (Lipinski definition) is 0. The summed E-state index contributed by atoms with van der Waals surface area (Å²) in [6, 6.07) is 68.8. The zero-order chi connectivity index (χ0) is 40.0. The first kappa shape index (κ1) is 34.5. The number of nitrogens with zero attached hydrogens (tertiary/aromatic N) is 2. The highest BCUT2D eigenvalue weighted by molar-refractivity contribution is 6.05. The minimum Gasteiger partial charge on any atom is -0.457 e. The van der Waals surface area contributed by atoms with Crippen molar-refractivity contribution in [2.45, 2.75) is 24.7 Å². The van der Waals surface area contributed by atoms with E-state index in [0.717, 1.165) is 78.2 Å². The molecule has 0 radical (unpaired) electrons. The lowest BCUT2D eigenvalue weighted by Gasteiger charge is -2.50. The molecule has 60 heavy (non-hydrogen) atoms. The predicted molar refractivity (Wildman–Crippen MR) is 242 cm³/mol. The maximum absolute atomic E-state index is 6.67. The smallest absolute Gasteiger partial charge is 0.160 e. The monoisotopic (exact) mass is 770 g/mol. The van der Waals surface area contributed by atoms with E-state index in [1.165, 1.54) is 27.8 Å². The van der Waals surface area contributed by atoms with Gasteiger partial charge in [-0.05, 0) is 75.8 Å². The molecule has 4 nitrogen and oxygen atoms in total. The standard InChI is InChI=1S/C56H38N2O2/c1-55(2)42-22-7-8-23-43(42)56(44-24-9-12-28-50(44)60-51-29-13-10-25-45(51)56)46-26-15-21-39(53(46)55)36-18-14-19-37(32-36)48-34-47(35-16-4-3-5-17-35)57-54(58-48)38-30-31-41-40-20-6-11-27-49(40)59-52(41)33-38/h3-34H,1-2H3. The number of fused-ring (bicyclic) bond motifs is 11. The lowest BCUT2D eigenvalue weighted by molar-refractivity contribution is 0.425. The average Bonchev–Trinajstić information content (AvgIpc) is 3.68. The van der Waals surface area contributed by atoms with Gasteiger partial charge >= 0.3 is 0 Å². The van der Waals surface area contributed by atoms with Gasteiger partial charge in [0.2, 0.25) is 0 Å². The second-order valence-corrected chi connectivity index (χ2v) is 16.5. The highest BCUT2D eigenvalue weighted by Gasteiger charge is 2.53. The zero-order valence-corrected chi connectivity index (χ0v) is 33.2. The van der Waals surface area contributed by atoms with Crippen LogP contribution in [-0.4, -0.2) is 9.97 Å². The third-order valence-electron chi connectivity index (χ3n) is 12.8. The largest absolute Gasteiger partial charge is 0.457 e. The van der Waals surface area contributed by atoms with Crippen molar-refractivity contribution in [1.29, 1.82) is 0 Å². The second-order valence-electron chi connectivity index (χ2n) is 16.5. The summed E-state index contributed by atoms with van der Waals surface area (Å²) in [6.45, 7) is 4.76. The van der Waals surface area contributed by atoms with E-state index in [1.807, 2.05) is 24.3 Å². The highest BCUT2D eigenvalue weighted by atomic mass is 16.5. The van der Waals surface area contributed by atoms with Crippen LogP contribution in [0.3, 0.4) is 0 Å². The molecule has 284 valence electrons. The van der Waals surface area contributed by atoms with E-state index in [0.29, 0.717) is 5.82 Å². The van der Waals surface area contributed by atoms with Gasteiger partial charge in [0, 0.05) is 44.0 Å². The molecule has 1 aliphatic heterocycles. The van der Waals surface area contributed by atoms with Crippen molar-refractivity contribution in [3.8, 4) is 56.5 Å². The van der Waals surface area contributed by atoms with E-state index < -0.39 is 5.41 Å². The van der Waals surface area contributed by atoms with Gasteiger partial charge in [0.25, 0.3) is 0 Å². The quantitative estimate of drug-likeness (QED) is 0.179. The molecule has 0 bridgehead atoms. The average molecular weight is 771 g/mol. The van der Waals surface area contributed by atoms with Crippen LogP contribution in [-0.2, 0) is 10.8 Å². The van der Waals surface area contributed by atoms with E-state index in [2.05, 4.69) is 184 Å². The van der Waals surface area contributed by atoms with Crippen molar-refractivity contribution < 1.29 is 9.15 Å². The van der Waals surface area contributed by atoms with Crippen LogP contribution in [0.2, 0.25) is 0 Å². The van der Waals surface area contributed by atoms with Crippen molar-refractivity contribution in [3.63, 3.8) is 0 Å². The fraction of sp³-hybridized carbons (Fsp3) is 0.0714. The van der Waals surface area contributed by atoms with Crippen LogP contribution >= 0.6 is 0 Å². The van der Waals surface area contributed by atoms with Gasteiger partial charge in [-0.15, -0.1) is 0 Å². The van der Waals surface area contributed by atoms with Gasteiger partial charge in [0.15, 0.2) is 5.82 Å². The SMILES string of the molecule is CC1(C)c2ccccc2C2(c3ccccc3Oc3ccccc32)c2cccc(-c3cccc(-c4cc(-c5ccccc5)nc(-c5ccc6c(c5)oc5ccccc56)n4)c3)c21. The molecule has 1 spiro atoms. The Balaban J connectivity index is 1.07. The first-order valence-corrected chi connectivity index (χ1v) is 20.6. The molecule has 0 unspecified atom stereocenters. The molecule has 0 saturated heterocycles. The Hall–Kier alpha value is -7.56. The molecule has 0 atom stereocenters. The summed E-state index contributed by atoms with van der Waals surface area (Å²) in [6.07, 6.45) is 0. The van der Waals surface area contributed by atoms with Gasteiger partial charge in [-0.3, -0.25) is 0 Å². The topological polar surface area (TPSA) is 48.2 Å². The molecular formula is C56H38N2O2. The van der Waals surface area contributed by atoms with E-state index in [1.54, 1.807) is 0 Å². The van der Waals surface area contributed by atoms with Crippen molar-refractivity contribution in [3.05, 3.63) is 228 Å². The Morgan fingerprint density at radius 1 is 0.400 bits per heavy atom. The summed E-state index contributed by atoms with van der Waals surface area (Å²) < 4.78 is 13.0. The Morgan fingerprint density at radius 2 is 0.983 bits per heavy atom. The molecule has 1 aliphatic carbocycles.